The van der Waals surface area contributed by atoms with Crippen molar-refractivity contribution in [3.63, 3.8) is 0 Å². The van der Waals surface area contributed by atoms with Crippen molar-refractivity contribution in [2.45, 2.75) is 6.43 Å². The minimum absolute atomic E-state index is 0.0811. The van der Waals surface area contributed by atoms with E-state index in [2.05, 4.69) is 36.8 Å². The van der Waals surface area contributed by atoms with Crippen molar-refractivity contribution in [1.29, 1.82) is 0 Å². The number of pyridine rings is 1. The molecule has 76 valence electrons. The van der Waals surface area contributed by atoms with Crippen molar-refractivity contribution in [1.82, 2.24) is 4.98 Å². The van der Waals surface area contributed by atoms with Crippen molar-refractivity contribution < 1.29 is 13.7 Å². The van der Waals surface area contributed by atoms with Crippen LogP contribution in [0.1, 0.15) is 12.1 Å². The Bertz CT molecular complexity index is 386. The molecule has 0 aliphatic heterocycles. The highest BCUT2D eigenvalue weighted by molar-refractivity contribution is 9.11. The third kappa shape index (κ3) is 2.24. The second-order valence-electron chi connectivity index (χ2n) is 2.22. The van der Waals surface area contributed by atoms with E-state index >= 15 is 0 Å². The molecule has 1 aromatic rings. The minimum Gasteiger partial charge on any atom is -0.258 e. The Hall–Kier alpha value is -0.630. The lowest BCUT2D eigenvalue weighted by Gasteiger charge is -2.02. The molecule has 0 aromatic carbocycles. The maximum absolute atomic E-state index is 12.3. The van der Waals surface area contributed by atoms with E-state index in [1.54, 1.807) is 0 Å². The van der Waals surface area contributed by atoms with Gasteiger partial charge in [-0.3, -0.25) is 10.1 Å². The van der Waals surface area contributed by atoms with Crippen LogP contribution in [0.4, 0.5) is 14.5 Å². The molecule has 0 saturated carbocycles. The average molecular weight is 332 g/mol. The van der Waals surface area contributed by atoms with Crippen LogP contribution in [0.5, 0.6) is 0 Å². The average Bonchev–Trinajstić information content (AvgIpc) is 2.07. The number of nitro groups is 1. The number of hydrogen-bond donors (Lipinski definition) is 0. The first-order chi connectivity index (χ1) is 6.43. The summed E-state index contributed by atoms with van der Waals surface area (Å²) < 4.78 is 24.2. The zero-order valence-electron chi connectivity index (χ0n) is 6.38. The Kier molecular flexibility index (Phi) is 3.48. The molecule has 0 saturated heterocycles. The molecule has 14 heavy (non-hydrogen) atoms. The monoisotopic (exact) mass is 330 g/mol. The van der Waals surface area contributed by atoms with E-state index < -0.39 is 17.0 Å². The molecule has 0 amide bonds. The molecule has 0 aliphatic carbocycles. The first-order valence-electron chi connectivity index (χ1n) is 3.22. The zero-order chi connectivity index (χ0) is 10.9. The SMILES string of the molecule is O=[N+]([O-])c1cc(Br)c(C(F)F)nc1Br. The van der Waals surface area contributed by atoms with E-state index in [1.165, 1.54) is 0 Å². The fourth-order valence-electron chi connectivity index (χ4n) is 0.751. The van der Waals surface area contributed by atoms with Crippen LogP contribution in [0, 0.1) is 10.1 Å². The standard InChI is InChI=1S/C6H2Br2F2N2O2/c7-2-1-3(12(13)14)5(8)11-4(2)6(9)10/h1,6H. The maximum Gasteiger partial charge on any atom is 0.303 e. The van der Waals surface area contributed by atoms with Crippen molar-refractivity contribution in [2.75, 3.05) is 0 Å². The van der Waals surface area contributed by atoms with Crippen LogP contribution in [-0.4, -0.2) is 9.91 Å². The molecule has 1 rings (SSSR count). The molecule has 8 heteroatoms. The summed E-state index contributed by atoms with van der Waals surface area (Å²) in [5.41, 5.74) is -0.885. The van der Waals surface area contributed by atoms with Crippen LogP contribution in [0.2, 0.25) is 0 Å². The summed E-state index contributed by atoms with van der Waals surface area (Å²) in [6.07, 6.45) is -2.78. The number of hydrogen-bond acceptors (Lipinski definition) is 3. The lowest BCUT2D eigenvalue weighted by molar-refractivity contribution is -0.386. The van der Waals surface area contributed by atoms with Gasteiger partial charge in [-0.25, -0.2) is 13.8 Å². The lowest BCUT2D eigenvalue weighted by Crippen LogP contribution is -1.97. The Labute approximate surface area is 93.7 Å². The first kappa shape index (κ1) is 11.4. The zero-order valence-corrected chi connectivity index (χ0v) is 9.55. The van der Waals surface area contributed by atoms with Gasteiger partial charge >= 0.3 is 5.69 Å². The van der Waals surface area contributed by atoms with Crippen LogP contribution in [0.3, 0.4) is 0 Å². The molecule has 0 bridgehead atoms. The van der Waals surface area contributed by atoms with Gasteiger partial charge in [0.25, 0.3) is 6.43 Å². The number of halogens is 4. The van der Waals surface area contributed by atoms with Gasteiger partial charge in [0.05, 0.1) is 9.40 Å². The Morgan fingerprint density at radius 3 is 2.50 bits per heavy atom. The van der Waals surface area contributed by atoms with Crippen molar-refractivity contribution in [2.24, 2.45) is 0 Å². The van der Waals surface area contributed by atoms with Crippen molar-refractivity contribution in [3.8, 4) is 0 Å². The van der Waals surface area contributed by atoms with Gasteiger partial charge in [0.2, 0.25) is 0 Å². The van der Waals surface area contributed by atoms with E-state index in [4.69, 9.17) is 0 Å². The first-order valence-corrected chi connectivity index (χ1v) is 4.80. The molecule has 0 aliphatic rings. The van der Waals surface area contributed by atoms with Gasteiger partial charge in [-0.1, -0.05) is 0 Å². The summed E-state index contributed by atoms with van der Waals surface area (Å²) >= 11 is 5.53. The van der Waals surface area contributed by atoms with Gasteiger partial charge in [-0.05, 0) is 31.9 Å². The molecular formula is C6H2Br2F2N2O2. The fraction of sp³-hybridized carbons (Fsp3) is 0.167. The highest BCUT2D eigenvalue weighted by Gasteiger charge is 2.21. The number of aromatic nitrogens is 1. The van der Waals surface area contributed by atoms with Crippen molar-refractivity contribution >= 4 is 37.5 Å². The summed E-state index contributed by atoms with van der Waals surface area (Å²) in [5.74, 6) is 0. The Balaban J connectivity index is 3.31. The summed E-state index contributed by atoms with van der Waals surface area (Å²) in [7, 11) is 0. The molecule has 0 atom stereocenters. The van der Waals surface area contributed by atoms with Gasteiger partial charge in [-0.2, -0.15) is 0 Å². The number of alkyl halides is 2. The quantitative estimate of drug-likeness (QED) is 0.474. The van der Waals surface area contributed by atoms with Crippen LogP contribution in [0.15, 0.2) is 15.1 Å². The predicted octanol–water partition coefficient (Wildman–Crippen LogP) is 3.45. The Morgan fingerprint density at radius 2 is 2.07 bits per heavy atom. The highest BCUT2D eigenvalue weighted by Crippen LogP contribution is 2.32. The van der Waals surface area contributed by atoms with Gasteiger partial charge in [-0.15, -0.1) is 0 Å². The van der Waals surface area contributed by atoms with E-state index in [9.17, 15) is 18.9 Å². The van der Waals surface area contributed by atoms with Gasteiger partial charge in [0.15, 0.2) is 4.60 Å². The van der Waals surface area contributed by atoms with Gasteiger partial charge in [0, 0.05) is 6.07 Å². The molecule has 1 aromatic heterocycles. The maximum atomic E-state index is 12.3. The number of rotatable bonds is 2. The molecular weight excluding hydrogens is 330 g/mol. The largest absolute Gasteiger partial charge is 0.303 e. The molecule has 0 unspecified atom stereocenters. The second kappa shape index (κ2) is 4.26. The van der Waals surface area contributed by atoms with Crippen molar-refractivity contribution in [3.05, 3.63) is 31.0 Å². The third-order valence-electron chi connectivity index (χ3n) is 1.34. The van der Waals surface area contributed by atoms with Gasteiger partial charge in [0.1, 0.15) is 5.69 Å². The molecule has 0 fully saturated rings. The normalized spacial score (nSPS) is 10.6. The smallest absolute Gasteiger partial charge is 0.258 e. The van der Waals surface area contributed by atoms with E-state index in [0.717, 1.165) is 6.07 Å². The summed E-state index contributed by atoms with van der Waals surface area (Å²) in [6, 6.07) is 0.985. The van der Waals surface area contributed by atoms with E-state index in [1.807, 2.05) is 0 Å². The van der Waals surface area contributed by atoms with E-state index in [-0.39, 0.29) is 14.8 Å². The van der Waals surface area contributed by atoms with Gasteiger partial charge < -0.3 is 0 Å². The predicted molar refractivity (Wildman–Crippen MR) is 51.2 cm³/mol. The third-order valence-corrected chi connectivity index (χ3v) is 2.56. The lowest BCUT2D eigenvalue weighted by atomic mass is 10.3. The van der Waals surface area contributed by atoms with Crippen LogP contribution < -0.4 is 0 Å². The Morgan fingerprint density at radius 1 is 1.50 bits per heavy atom. The van der Waals surface area contributed by atoms with Crippen LogP contribution >= 0.6 is 31.9 Å². The topological polar surface area (TPSA) is 56.0 Å². The minimum atomic E-state index is -2.78. The molecule has 0 N–H and O–H groups in total. The fourth-order valence-corrected chi connectivity index (χ4v) is 1.68. The summed E-state index contributed by atoms with van der Waals surface area (Å²) in [6.45, 7) is 0. The molecule has 0 radical (unpaired) electrons. The molecule has 0 spiro atoms. The van der Waals surface area contributed by atoms with Crippen LogP contribution in [-0.2, 0) is 0 Å². The summed E-state index contributed by atoms with van der Waals surface area (Å²) in [4.78, 5) is 13.0. The second-order valence-corrected chi connectivity index (χ2v) is 3.83. The molecule has 1 heterocycles. The van der Waals surface area contributed by atoms with E-state index in [0.29, 0.717) is 0 Å². The summed E-state index contributed by atoms with van der Waals surface area (Å²) in [5, 5.41) is 10.4. The molecule has 4 nitrogen and oxygen atoms in total. The van der Waals surface area contributed by atoms with Crippen LogP contribution in [0.25, 0.3) is 0 Å². The number of nitrogens with zero attached hydrogens (tertiary/aromatic N) is 2. The highest BCUT2D eigenvalue weighted by atomic mass is 79.9.